The van der Waals surface area contributed by atoms with E-state index in [9.17, 15) is 4.79 Å². The zero-order chi connectivity index (χ0) is 23.6. The van der Waals surface area contributed by atoms with Crippen molar-refractivity contribution in [3.63, 3.8) is 0 Å². The Balaban J connectivity index is 1.63. The summed E-state index contributed by atoms with van der Waals surface area (Å²) in [5.74, 6) is 1.56. The first kappa shape index (κ1) is 24.2. The summed E-state index contributed by atoms with van der Waals surface area (Å²) in [5.41, 5.74) is 4.47. The van der Waals surface area contributed by atoms with E-state index in [-0.39, 0.29) is 11.9 Å². The van der Waals surface area contributed by atoms with E-state index < -0.39 is 0 Å². The van der Waals surface area contributed by atoms with Crippen molar-refractivity contribution in [2.45, 2.75) is 53.1 Å². The van der Waals surface area contributed by atoms with E-state index in [4.69, 9.17) is 0 Å². The molecular weight excluding hydrogens is 410 g/mol. The molecule has 0 saturated heterocycles. The second-order valence-electron chi connectivity index (χ2n) is 8.85. The van der Waals surface area contributed by atoms with Gasteiger partial charge in [0.25, 0.3) is 0 Å². The highest BCUT2D eigenvalue weighted by Crippen LogP contribution is 2.16. The monoisotopic (exact) mass is 445 g/mol. The Morgan fingerprint density at radius 3 is 2.42 bits per heavy atom. The van der Waals surface area contributed by atoms with Crippen LogP contribution in [0.5, 0.6) is 0 Å². The second-order valence-corrected chi connectivity index (χ2v) is 8.85. The first-order valence-corrected chi connectivity index (χ1v) is 11.6. The number of nitrogens with one attached hydrogen (secondary N) is 3. The molecule has 1 heterocycles. The lowest BCUT2D eigenvalue weighted by Crippen LogP contribution is -2.41. The van der Waals surface area contributed by atoms with Crippen LogP contribution in [0.3, 0.4) is 0 Å². The van der Waals surface area contributed by atoms with Crippen LogP contribution in [0.2, 0.25) is 0 Å². The van der Waals surface area contributed by atoms with Crippen LogP contribution in [-0.2, 0) is 17.8 Å². The van der Waals surface area contributed by atoms with Gasteiger partial charge in [-0.15, -0.1) is 0 Å². The Labute approximate surface area is 197 Å². The van der Waals surface area contributed by atoms with Crippen molar-refractivity contribution < 1.29 is 4.79 Å². The van der Waals surface area contributed by atoms with Crippen molar-refractivity contribution in [2.24, 2.45) is 5.92 Å². The molecule has 0 spiro atoms. The van der Waals surface area contributed by atoms with E-state index >= 15 is 0 Å². The third-order valence-corrected chi connectivity index (χ3v) is 5.45. The number of aryl methyl sites for hydroxylation is 2. The highest BCUT2D eigenvalue weighted by atomic mass is 16.2. The minimum absolute atomic E-state index is 0.00897. The van der Waals surface area contributed by atoms with Crippen molar-refractivity contribution in [1.82, 2.24) is 15.3 Å². The number of amides is 1. The van der Waals surface area contributed by atoms with Crippen LogP contribution in [0.15, 0.2) is 60.7 Å². The number of rotatable bonds is 11. The van der Waals surface area contributed by atoms with Crippen LogP contribution in [0.25, 0.3) is 0 Å². The number of aromatic nitrogens is 2. The maximum absolute atomic E-state index is 13.0. The lowest BCUT2D eigenvalue weighted by Gasteiger charge is -2.21. The van der Waals surface area contributed by atoms with E-state index in [1.807, 2.05) is 43.3 Å². The zero-order valence-corrected chi connectivity index (χ0v) is 20.1. The van der Waals surface area contributed by atoms with Gasteiger partial charge in [-0.2, -0.15) is 4.98 Å². The molecular formula is C27H35N5O. The molecule has 6 nitrogen and oxygen atoms in total. The molecule has 33 heavy (non-hydrogen) atoms. The van der Waals surface area contributed by atoms with Crippen LogP contribution < -0.4 is 16.0 Å². The molecule has 0 aliphatic rings. The molecule has 3 aromatic rings. The number of benzene rings is 2. The number of nitrogens with zero attached hydrogens (tertiary/aromatic N) is 2. The predicted molar refractivity (Wildman–Crippen MR) is 135 cm³/mol. The molecule has 3 rings (SSSR count). The normalized spacial score (nSPS) is 11.8. The maximum atomic E-state index is 13.0. The SMILES string of the molecule is Cc1cc(N[C@@H](CC(C)C)C(=O)NCCc2ccccc2)nc(NCc2ccccc2C)n1. The van der Waals surface area contributed by atoms with Crippen LogP contribution in [0, 0.1) is 19.8 Å². The Bertz CT molecular complexity index is 1040. The molecule has 2 aromatic carbocycles. The van der Waals surface area contributed by atoms with Crippen LogP contribution in [0.1, 0.15) is 42.7 Å². The number of hydrogen-bond donors (Lipinski definition) is 3. The van der Waals surface area contributed by atoms with Gasteiger partial charge in [-0.05, 0) is 49.3 Å². The summed E-state index contributed by atoms with van der Waals surface area (Å²) in [6.45, 7) is 9.51. The van der Waals surface area contributed by atoms with Crippen LogP contribution in [-0.4, -0.2) is 28.5 Å². The Morgan fingerprint density at radius 2 is 1.70 bits per heavy atom. The number of carbonyl (C=O) groups excluding carboxylic acids is 1. The van der Waals surface area contributed by atoms with Gasteiger partial charge in [0.1, 0.15) is 11.9 Å². The average Bonchev–Trinajstić information content (AvgIpc) is 2.78. The lowest BCUT2D eigenvalue weighted by molar-refractivity contribution is -0.122. The molecule has 1 amide bonds. The van der Waals surface area contributed by atoms with Gasteiger partial charge in [-0.25, -0.2) is 4.98 Å². The lowest BCUT2D eigenvalue weighted by atomic mass is 10.0. The van der Waals surface area contributed by atoms with Gasteiger partial charge < -0.3 is 16.0 Å². The Hall–Kier alpha value is -3.41. The van der Waals surface area contributed by atoms with E-state index in [0.29, 0.717) is 37.2 Å². The number of hydrogen-bond acceptors (Lipinski definition) is 5. The molecule has 1 atom stereocenters. The van der Waals surface area contributed by atoms with Gasteiger partial charge in [0.15, 0.2) is 0 Å². The molecule has 6 heteroatoms. The molecule has 174 valence electrons. The second kappa shape index (κ2) is 12.0. The molecule has 0 aliphatic carbocycles. The highest BCUT2D eigenvalue weighted by Gasteiger charge is 2.20. The van der Waals surface area contributed by atoms with Gasteiger partial charge in [0, 0.05) is 24.8 Å². The van der Waals surface area contributed by atoms with Gasteiger partial charge in [0.2, 0.25) is 11.9 Å². The topological polar surface area (TPSA) is 78.9 Å². The third kappa shape index (κ3) is 7.90. The molecule has 0 unspecified atom stereocenters. The Morgan fingerprint density at radius 1 is 0.970 bits per heavy atom. The summed E-state index contributed by atoms with van der Waals surface area (Å²) in [4.78, 5) is 22.1. The molecule has 0 radical (unpaired) electrons. The van der Waals surface area contributed by atoms with Gasteiger partial charge in [-0.3, -0.25) is 4.79 Å². The molecule has 0 bridgehead atoms. The average molecular weight is 446 g/mol. The molecule has 0 fully saturated rings. The quantitative estimate of drug-likeness (QED) is 0.392. The maximum Gasteiger partial charge on any atom is 0.242 e. The fraction of sp³-hybridized carbons (Fsp3) is 0.370. The summed E-state index contributed by atoms with van der Waals surface area (Å²) in [7, 11) is 0. The third-order valence-electron chi connectivity index (χ3n) is 5.45. The summed E-state index contributed by atoms with van der Waals surface area (Å²) < 4.78 is 0. The smallest absolute Gasteiger partial charge is 0.242 e. The van der Waals surface area contributed by atoms with E-state index in [0.717, 1.165) is 12.1 Å². The number of carbonyl (C=O) groups is 1. The van der Waals surface area contributed by atoms with Gasteiger partial charge >= 0.3 is 0 Å². The fourth-order valence-corrected chi connectivity index (χ4v) is 3.68. The summed E-state index contributed by atoms with van der Waals surface area (Å²) in [5, 5.41) is 9.74. The highest BCUT2D eigenvalue weighted by molar-refractivity contribution is 5.84. The van der Waals surface area contributed by atoms with Crippen molar-refractivity contribution in [1.29, 1.82) is 0 Å². The van der Waals surface area contributed by atoms with Crippen LogP contribution >= 0.6 is 0 Å². The van der Waals surface area contributed by atoms with Gasteiger partial charge in [-0.1, -0.05) is 68.4 Å². The first-order valence-electron chi connectivity index (χ1n) is 11.6. The fourth-order valence-electron chi connectivity index (χ4n) is 3.68. The first-order chi connectivity index (χ1) is 15.9. The van der Waals surface area contributed by atoms with E-state index in [1.54, 1.807) is 0 Å². The molecule has 0 aliphatic heterocycles. The van der Waals surface area contributed by atoms with Gasteiger partial charge in [0.05, 0.1) is 0 Å². The summed E-state index contributed by atoms with van der Waals surface area (Å²) in [6, 6.07) is 19.9. The standard InChI is InChI=1S/C27H35N5O/c1-19(2)16-24(26(33)28-15-14-22-11-6-5-7-12-22)31-25-17-21(4)30-27(32-25)29-18-23-13-9-8-10-20(23)3/h5-13,17,19,24H,14-16,18H2,1-4H3,(H,28,33)(H2,29,30,31,32)/t24-/m0/s1. The molecule has 0 saturated carbocycles. The summed E-state index contributed by atoms with van der Waals surface area (Å²) >= 11 is 0. The molecule has 3 N–H and O–H groups in total. The minimum atomic E-state index is -0.362. The van der Waals surface area contributed by atoms with Crippen molar-refractivity contribution >= 4 is 17.7 Å². The van der Waals surface area contributed by atoms with Crippen LogP contribution in [0.4, 0.5) is 11.8 Å². The van der Waals surface area contributed by atoms with E-state index in [1.165, 1.54) is 16.7 Å². The number of anilines is 2. The predicted octanol–water partition coefficient (Wildman–Crippen LogP) is 4.89. The largest absolute Gasteiger partial charge is 0.358 e. The summed E-state index contributed by atoms with van der Waals surface area (Å²) in [6.07, 6.45) is 1.52. The zero-order valence-electron chi connectivity index (χ0n) is 20.1. The Kier molecular flexibility index (Phi) is 8.81. The molecule has 1 aromatic heterocycles. The minimum Gasteiger partial charge on any atom is -0.358 e. The van der Waals surface area contributed by atoms with Crippen molar-refractivity contribution in [2.75, 3.05) is 17.2 Å². The van der Waals surface area contributed by atoms with Crippen molar-refractivity contribution in [3.05, 3.63) is 83.0 Å². The van der Waals surface area contributed by atoms with Crippen molar-refractivity contribution in [3.8, 4) is 0 Å². The van der Waals surface area contributed by atoms with E-state index in [2.05, 4.69) is 71.0 Å².